The van der Waals surface area contributed by atoms with E-state index in [1.807, 2.05) is 0 Å². The lowest BCUT2D eigenvalue weighted by molar-refractivity contribution is -0.150. The number of hydrogen-bond donors (Lipinski definition) is 0. The molecule has 0 radical (unpaired) electrons. The number of amides is 1. The molecule has 0 spiro atoms. The fourth-order valence-corrected chi connectivity index (χ4v) is 4.62. The number of carbonyl (C=O) groups is 2. The molecule has 0 aromatic carbocycles. The van der Waals surface area contributed by atoms with E-state index in [9.17, 15) is 26.4 Å². The molecular weight excluding hydrogens is 454 g/mol. The van der Waals surface area contributed by atoms with Crippen LogP contribution in [0.5, 0.6) is 0 Å². The normalized spacial score (nSPS) is 24.6. The van der Waals surface area contributed by atoms with Gasteiger partial charge in [-0.05, 0) is 33.6 Å². The van der Waals surface area contributed by atoms with Gasteiger partial charge in [0.1, 0.15) is 17.7 Å². The fraction of sp³-hybridized carbons (Fsp3) is 0.778. The van der Waals surface area contributed by atoms with Gasteiger partial charge in [0.05, 0.1) is 32.8 Å². The van der Waals surface area contributed by atoms with E-state index < -0.39 is 55.5 Å². The van der Waals surface area contributed by atoms with Crippen LogP contribution < -0.4 is 0 Å². The second-order valence-electron chi connectivity index (χ2n) is 8.35. The highest BCUT2D eigenvalue weighted by Gasteiger charge is 2.60. The monoisotopic (exact) mass is 485 g/mol. The number of likely N-dealkylation sites (tertiary alicyclic amines) is 1. The van der Waals surface area contributed by atoms with Crippen molar-refractivity contribution < 1.29 is 44.3 Å². The second kappa shape index (κ2) is 9.84. The van der Waals surface area contributed by atoms with Crippen LogP contribution in [0.1, 0.15) is 33.6 Å². The SMILES string of the molecule is C=CC[C@]1(CCOS(C)(=O)=O)[C@@H](OS(C)(=O)=O)CN(C(=O)OC(C)(C)C)[C@@H]1C(=O)OC. The van der Waals surface area contributed by atoms with Crippen LogP contribution in [0, 0.1) is 5.41 Å². The van der Waals surface area contributed by atoms with Crippen molar-refractivity contribution in [1.82, 2.24) is 4.90 Å². The van der Waals surface area contributed by atoms with Crippen molar-refractivity contribution in [3.63, 3.8) is 0 Å². The molecule has 1 rings (SSSR count). The van der Waals surface area contributed by atoms with Gasteiger partial charge in [-0.2, -0.15) is 16.8 Å². The summed E-state index contributed by atoms with van der Waals surface area (Å²) in [6.45, 7) is 7.86. The summed E-state index contributed by atoms with van der Waals surface area (Å²) in [5.41, 5.74) is -2.30. The molecule has 1 aliphatic rings. The molecule has 1 saturated heterocycles. The minimum Gasteiger partial charge on any atom is -0.467 e. The molecule has 180 valence electrons. The summed E-state index contributed by atoms with van der Waals surface area (Å²) in [5, 5.41) is 0. The Bertz CT molecular complexity index is 891. The molecule has 0 N–H and O–H groups in total. The van der Waals surface area contributed by atoms with E-state index in [0.717, 1.165) is 24.5 Å². The summed E-state index contributed by atoms with van der Waals surface area (Å²) in [5.74, 6) is -0.841. The maximum absolute atomic E-state index is 12.9. The molecule has 13 heteroatoms. The van der Waals surface area contributed by atoms with Crippen LogP contribution in [0.25, 0.3) is 0 Å². The molecule has 1 fully saturated rings. The van der Waals surface area contributed by atoms with Crippen molar-refractivity contribution in [2.75, 3.05) is 32.8 Å². The number of nitrogens with zero attached hydrogens (tertiary/aromatic N) is 1. The number of ether oxygens (including phenoxy) is 2. The summed E-state index contributed by atoms with van der Waals surface area (Å²) < 4.78 is 67.1. The van der Waals surface area contributed by atoms with E-state index in [4.69, 9.17) is 17.8 Å². The Hall–Kier alpha value is -1.70. The van der Waals surface area contributed by atoms with Crippen molar-refractivity contribution in [3.05, 3.63) is 12.7 Å². The molecule has 3 atom stereocenters. The lowest BCUT2D eigenvalue weighted by Crippen LogP contribution is -2.51. The molecule has 0 aromatic rings. The van der Waals surface area contributed by atoms with Crippen molar-refractivity contribution in [1.29, 1.82) is 0 Å². The zero-order valence-corrected chi connectivity index (χ0v) is 20.2. The predicted octanol–water partition coefficient (Wildman–Crippen LogP) is 1.05. The maximum atomic E-state index is 12.9. The number of methoxy groups -OCH3 is 1. The minimum atomic E-state index is -4.01. The highest BCUT2D eigenvalue weighted by molar-refractivity contribution is 7.86. The van der Waals surface area contributed by atoms with Crippen molar-refractivity contribution >= 4 is 32.3 Å². The highest BCUT2D eigenvalue weighted by Crippen LogP contribution is 2.47. The number of rotatable bonds is 9. The maximum Gasteiger partial charge on any atom is 0.411 e. The Labute approximate surface area is 183 Å². The molecule has 0 aromatic heterocycles. The zero-order chi connectivity index (χ0) is 24.3. The van der Waals surface area contributed by atoms with Gasteiger partial charge < -0.3 is 9.47 Å². The van der Waals surface area contributed by atoms with E-state index in [-0.39, 0.29) is 26.0 Å². The van der Waals surface area contributed by atoms with Crippen LogP contribution in [0.15, 0.2) is 12.7 Å². The molecule has 31 heavy (non-hydrogen) atoms. The molecule has 1 aliphatic heterocycles. The minimum absolute atomic E-state index is 0.000622. The van der Waals surface area contributed by atoms with Crippen LogP contribution in [0.3, 0.4) is 0 Å². The number of allylic oxidation sites excluding steroid dienone is 1. The fourth-order valence-electron chi connectivity index (χ4n) is 3.56. The van der Waals surface area contributed by atoms with Gasteiger partial charge in [0, 0.05) is 5.41 Å². The third kappa shape index (κ3) is 7.74. The second-order valence-corrected chi connectivity index (χ2v) is 11.6. The molecule has 11 nitrogen and oxygen atoms in total. The molecule has 0 aliphatic carbocycles. The highest BCUT2D eigenvalue weighted by atomic mass is 32.2. The van der Waals surface area contributed by atoms with Crippen LogP contribution in [0.4, 0.5) is 4.79 Å². The first-order valence-corrected chi connectivity index (χ1v) is 13.0. The van der Waals surface area contributed by atoms with E-state index >= 15 is 0 Å². The third-order valence-electron chi connectivity index (χ3n) is 4.59. The van der Waals surface area contributed by atoms with Crippen molar-refractivity contribution in [2.45, 2.75) is 51.4 Å². The van der Waals surface area contributed by atoms with Gasteiger partial charge in [0.25, 0.3) is 20.2 Å². The third-order valence-corrected chi connectivity index (χ3v) is 5.77. The topological polar surface area (TPSA) is 143 Å². The Morgan fingerprint density at radius 3 is 2.16 bits per heavy atom. The Balaban J connectivity index is 3.55. The van der Waals surface area contributed by atoms with Gasteiger partial charge in [-0.1, -0.05) is 6.08 Å². The van der Waals surface area contributed by atoms with Crippen molar-refractivity contribution in [2.24, 2.45) is 5.41 Å². The van der Waals surface area contributed by atoms with E-state index in [1.54, 1.807) is 20.8 Å². The molecule has 0 bridgehead atoms. The molecule has 0 unspecified atom stereocenters. The average Bonchev–Trinajstić information content (AvgIpc) is 2.84. The molecule has 1 heterocycles. The first kappa shape index (κ1) is 27.3. The lowest BCUT2D eigenvalue weighted by atomic mass is 9.73. The Morgan fingerprint density at radius 1 is 1.16 bits per heavy atom. The average molecular weight is 486 g/mol. The lowest BCUT2D eigenvalue weighted by Gasteiger charge is -2.37. The van der Waals surface area contributed by atoms with E-state index in [2.05, 4.69) is 6.58 Å². The standard InChI is InChI=1S/C18H31NO10S2/c1-8-9-18(10-11-27-30(6,22)23)13(29-31(7,24)25)12-19(14(18)15(20)26-5)16(21)28-17(2,3)4/h8,13-14H,1,9-12H2,2-7H3/t13-,14+,18-/m0/s1. The Kier molecular flexibility index (Phi) is 8.68. The smallest absolute Gasteiger partial charge is 0.411 e. The van der Waals surface area contributed by atoms with E-state index in [0.29, 0.717) is 0 Å². The van der Waals surface area contributed by atoms with Crippen molar-refractivity contribution in [3.8, 4) is 0 Å². The zero-order valence-electron chi connectivity index (χ0n) is 18.6. The number of carbonyl (C=O) groups excluding carboxylic acids is 2. The van der Waals surface area contributed by atoms with Crippen LogP contribution in [0.2, 0.25) is 0 Å². The summed E-state index contributed by atoms with van der Waals surface area (Å²) in [7, 11) is -6.71. The largest absolute Gasteiger partial charge is 0.467 e. The Morgan fingerprint density at radius 2 is 1.74 bits per heavy atom. The number of esters is 1. The molecule has 1 amide bonds. The summed E-state index contributed by atoms with van der Waals surface area (Å²) >= 11 is 0. The summed E-state index contributed by atoms with van der Waals surface area (Å²) in [4.78, 5) is 26.7. The van der Waals surface area contributed by atoms with Gasteiger partial charge in [-0.15, -0.1) is 6.58 Å². The summed E-state index contributed by atoms with van der Waals surface area (Å²) in [6.07, 6.45) is 0.887. The number of hydrogen-bond acceptors (Lipinski definition) is 10. The molecule has 0 saturated carbocycles. The van der Waals surface area contributed by atoms with Gasteiger partial charge in [0.2, 0.25) is 0 Å². The van der Waals surface area contributed by atoms with Gasteiger partial charge in [-0.25, -0.2) is 9.59 Å². The van der Waals surface area contributed by atoms with Gasteiger partial charge >= 0.3 is 12.1 Å². The molecular formula is C18H31NO10S2. The van der Waals surface area contributed by atoms with Crippen LogP contribution in [-0.2, 0) is 42.9 Å². The first-order chi connectivity index (χ1) is 14.0. The predicted molar refractivity (Wildman–Crippen MR) is 111 cm³/mol. The first-order valence-electron chi connectivity index (χ1n) is 9.37. The van der Waals surface area contributed by atoms with Gasteiger partial charge in [-0.3, -0.25) is 13.3 Å². The van der Waals surface area contributed by atoms with E-state index in [1.165, 1.54) is 6.08 Å². The quantitative estimate of drug-likeness (QED) is 0.264. The van der Waals surface area contributed by atoms with Crippen LogP contribution >= 0.6 is 0 Å². The van der Waals surface area contributed by atoms with Gasteiger partial charge in [0.15, 0.2) is 0 Å². The summed E-state index contributed by atoms with van der Waals surface area (Å²) in [6, 6.07) is -1.33. The van der Waals surface area contributed by atoms with Crippen LogP contribution in [-0.4, -0.2) is 84.3 Å².